The average Bonchev–Trinajstić information content (AvgIpc) is 2.33. The number of amides is 1. The van der Waals surface area contributed by atoms with Crippen molar-refractivity contribution in [1.82, 2.24) is 5.32 Å². The van der Waals surface area contributed by atoms with Gasteiger partial charge < -0.3 is 5.32 Å². The summed E-state index contributed by atoms with van der Waals surface area (Å²) in [5.41, 5.74) is 0.872. The minimum absolute atomic E-state index is 0.104. The van der Waals surface area contributed by atoms with E-state index in [4.69, 9.17) is 0 Å². The minimum Gasteiger partial charge on any atom is -0.352 e. The highest BCUT2D eigenvalue weighted by molar-refractivity contribution is 5.92. The Hall–Kier alpha value is -0.790. The van der Waals surface area contributed by atoms with Crippen LogP contribution in [0.2, 0.25) is 0 Å². The van der Waals surface area contributed by atoms with Gasteiger partial charge in [-0.3, -0.25) is 4.79 Å². The first-order valence-electron chi connectivity index (χ1n) is 7.17. The Kier molecular flexibility index (Phi) is 11.1. The lowest BCUT2D eigenvalue weighted by atomic mass is 10.1. The summed E-state index contributed by atoms with van der Waals surface area (Å²) >= 11 is 0. The average molecular weight is 239 g/mol. The van der Waals surface area contributed by atoms with Crippen LogP contribution >= 0.6 is 0 Å². The number of carbonyl (C=O) groups excluding carboxylic acids is 1. The molecule has 0 saturated carbocycles. The molecule has 0 saturated heterocycles. The SMILES string of the molecule is CCCCCCC/C=C(\C)C(=O)NCCCC. The number of unbranched alkanes of at least 4 members (excludes halogenated alkanes) is 6. The van der Waals surface area contributed by atoms with E-state index in [2.05, 4.69) is 25.2 Å². The van der Waals surface area contributed by atoms with Crippen LogP contribution in [-0.2, 0) is 4.79 Å². The number of allylic oxidation sites excluding steroid dienone is 1. The molecule has 0 aromatic heterocycles. The van der Waals surface area contributed by atoms with E-state index in [-0.39, 0.29) is 5.91 Å². The highest BCUT2D eigenvalue weighted by Crippen LogP contribution is 2.07. The molecule has 0 radical (unpaired) electrons. The van der Waals surface area contributed by atoms with Crippen molar-refractivity contribution in [1.29, 1.82) is 0 Å². The monoisotopic (exact) mass is 239 g/mol. The summed E-state index contributed by atoms with van der Waals surface area (Å²) in [4.78, 5) is 11.6. The Balaban J connectivity index is 3.58. The largest absolute Gasteiger partial charge is 0.352 e. The molecule has 0 heterocycles. The van der Waals surface area contributed by atoms with Crippen LogP contribution in [0.3, 0.4) is 0 Å². The second-order valence-corrected chi connectivity index (χ2v) is 4.70. The Morgan fingerprint density at radius 2 is 1.65 bits per heavy atom. The fraction of sp³-hybridized carbons (Fsp3) is 0.800. The van der Waals surface area contributed by atoms with Gasteiger partial charge in [0, 0.05) is 12.1 Å². The van der Waals surface area contributed by atoms with E-state index in [1.54, 1.807) is 0 Å². The van der Waals surface area contributed by atoms with E-state index < -0.39 is 0 Å². The van der Waals surface area contributed by atoms with Crippen LogP contribution < -0.4 is 5.32 Å². The molecule has 1 N–H and O–H groups in total. The molecular weight excluding hydrogens is 210 g/mol. The molecule has 0 aliphatic carbocycles. The van der Waals surface area contributed by atoms with Crippen molar-refractivity contribution >= 4 is 5.91 Å². The summed E-state index contributed by atoms with van der Waals surface area (Å²) in [5, 5.41) is 2.94. The molecule has 0 spiro atoms. The van der Waals surface area contributed by atoms with Crippen LogP contribution in [0.1, 0.15) is 72.1 Å². The first-order chi connectivity index (χ1) is 8.22. The molecule has 2 heteroatoms. The van der Waals surface area contributed by atoms with Crippen LogP contribution in [0.5, 0.6) is 0 Å². The molecule has 0 aromatic rings. The standard InChI is InChI=1S/C15H29NO/c1-4-6-8-9-10-11-12-14(3)15(17)16-13-7-5-2/h12H,4-11,13H2,1-3H3,(H,16,17)/b14-12+. The normalized spacial score (nSPS) is 11.6. The lowest BCUT2D eigenvalue weighted by Gasteiger charge is -2.04. The van der Waals surface area contributed by atoms with Gasteiger partial charge in [-0.15, -0.1) is 0 Å². The van der Waals surface area contributed by atoms with Crippen molar-refractivity contribution < 1.29 is 4.79 Å². The molecule has 0 rings (SSSR count). The highest BCUT2D eigenvalue weighted by Gasteiger charge is 2.01. The van der Waals surface area contributed by atoms with Crippen molar-refractivity contribution in [3.05, 3.63) is 11.6 Å². The molecule has 100 valence electrons. The molecular formula is C15H29NO. The van der Waals surface area contributed by atoms with Gasteiger partial charge in [0.25, 0.3) is 0 Å². The Bertz CT molecular complexity index is 221. The van der Waals surface area contributed by atoms with Gasteiger partial charge >= 0.3 is 0 Å². The molecule has 0 aliphatic heterocycles. The smallest absolute Gasteiger partial charge is 0.246 e. The molecule has 0 aliphatic rings. The fourth-order valence-electron chi connectivity index (χ4n) is 1.68. The molecule has 0 bridgehead atoms. The third kappa shape index (κ3) is 10.1. The first-order valence-corrected chi connectivity index (χ1v) is 7.17. The van der Waals surface area contributed by atoms with Gasteiger partial charge in [-0.1, -0.05) is 52.0 Å². The van der Waals surface area contributed by atoms with E-state index in [0.717, 1.165) is 31.4 Å². The van der Waals surface area contributed by atoms with E-state index in [1.165, 1.54) is 32.1 Å². The number of nitrogens with one attached hydrogen (secondary N) is 1. The lowest BCUT2D eigenvalue weighted by Crippen LogP contribution is -2.24. The second kappa shape index (κ2) is 11.7. The zero-order valence-corrected chi connectivity index (χ0v) is 11.8. The quantitative estimate of drug-likeness (QED) is 0.449. The Morgan fingerprint density at radius 1 is 1.00 bits per heavy atom. The van der Waals surface area contributed by atoms with Crippen LogP contribution in [0.4, 0.5) is 0 Å². The maximum absolute atomic E-state index is 11.6. The third-order valence-electron chi connectivity index (χ3n) is 2.93. The fourth-order valence-corrected chi connectivity index (χ4v) is 1.68. The van der Waals surface area contributed by atoms with E-state index in [9.17, 15) is 4.79 Å². The summed E-state index contributed by atoms with van der Waals surface area (Å²) < 4.78 is 0. The second-order valence-electron chi connectivity index (χ2n) is 4.70. The molecule has 2 nitrogen and oxygen atoms in total. The number of hydrogen-bond donors (Lipinski definition) is 1. The van der Waals surface area contributed by atoms with Crippen LogP contribution in [-0.4, -0.2) is 12.5 Å². The Morgan fingerprint density at radius 3 is 2.29 bits per heavy atom. The lowest BCUT2D eigenvalue weighted by molar-refractivity contribution is -0.117. The van der Waals surface area contributed by atoms with Crippen molar-refractivity contribution in [2.24, 2.45) is 0 Å². The van der Waals surface area contributed by atoms with Gasteiger partial charge in [-0.2, -0.15) is 0 Å². The zero-order valence-electron chi connectivity index (χ0n) is 11.8. The number of hydrogen-bond acceptors (Lipinski definition) is 1. The van der Waals surface area contributed by atoms with Crippen molar-refractivity contribution in [2.75, 3.05) is 6.54 Å². The van der Waals surface area contributed by atoms with Crippen LogP contribution in [0.25, 0.3) is 0 Å². The maximum atomic E-state index is 11.6. The summed E-state index contributed by atoms with van der Waals surface area (Å²) in [6.07, 6.45) is 11.7. The van der Waals surface area contributed by atoms with Gasteiger partial charge in [0.05, 0.1) is 0 Å². The predicted molar refractivity (Wildman–Crippen MR) is 75.1 cm³/mol. The first kappa shape index (κ1) is 16.2. The van der Waals surface area contributed by atoms with Gasteiger partial charge in [-0.05, 0) is 26.2 Å². The molecule has 0 unspecified atom stereocenters. The maximum Gasteiger partial charge on any atom is 0.246 e. The van der Waals surface area contributed by atoms with Gasteiger partial charge in [-0.25, -0.2) is 0 Å². The number of rotatable bonds is 10. The third-order valence-corrected chi connectivity index (χ3v) is 2.93. The van der Waals surface area contributed by atoms with Crippen molar-refractivity contribution in [2.45, 2.75) is 72.1 Å². The molecule has 0 aromatic carbocycles. The Labute approximate surface area is 107 Å². The van der Waals surface area contributed by atoms with Crippen LogP contribution in [0.15, 0.2) is 11.6 Å². The topological polar surface area (TPSA) is 29.1 Å². The van der Waals surface area contributed by atoms with Gasteiger partial charge in [0.1, 0.15) is 0 Å². The summed E-state index contributed by atoms with van der Waals surface area (Å²) in [5.74, 6) is 0.104. The predicted octanol–water partition coefficient (Wildman–Crippen LogP) is 4.21. The summed E-state index contributed by atoms with van der Waals surface area (Å²) in [6, 6.07) is 0. The molecule has 0 atom stereocenters. The van der Waals surface area contributed by atoms with Gasteiger partial charge in [0.15, 0.2) is 0 Å². The van der Waals surface area contributed by atoms with Crippen molar-refractivity contribution in [3.8, 4) is 0 Å². The summed E-state index contributed by atoms with van der Waals surface area (Å²) in [6.45, 7) is 7.07. The van der Waals surface area contributed by atoms with Gasteiger partial charge in [0.2, 0.25) is 5.91 Å². The summed E-state index contributed by atoms with van der Waals surface area (Å²) in [7, 11) is 0. The zero-order chi connectivity index (χ0) is 12.9. The van der Waals surface area contributed by atoms with Crippen molar-refractivity contribution in [3.63, 3.8) is 0 Å². The minimum atomic E-state index is 0.104. The molecule has 1 amide bonds. The molecule has 0 fully saturated rings. The van der Waals surface area contributed by atoms with E-state index in [0.29, 0.717) is 0 Å². The van der Waals surface area contributed by atoms with Crippen LogP contribution in [0, 0.1) is 0 Å². The number of carbonyl (C=O) groups is 1. The molecule has 17 heavy (non-hydrogen) atoms. The highest BCUT2D eigenvalue weighted by atomic mass is 16.1. The van der Waals surface area contributed by atoms with E-state index >= 15 is 0 Å². The van der Waals surface area contributed by atoms with E-state index in [1.807, 2.05) is 6.92 Å².